The van der Waals surface area contributed by atoms with E-state index in [0.717, 1.165) is 35.6 Å². The quantitative estimate of drug-likeness (QED) is 0.838. The molecule has 0 amide bonds. The lowest BCUT2D eigenvalue weighted by Crippen LogP contribution is -2.56. The average Bonchev–Trinajstić information content (AvgIpc) is 2.89. The van der Waals surface area contributed by atoms with E-state index in [1.165, 1.54) is 32.6 Å². The second kappa shape index (κ2) is 5.04. The first-order valence-electron chi connectivity index (χ1n) is 8.78. The lowest BCUT2D eigenvalue weighted by Gasteiger charge is -2.57. The molecule has 1 N–H and O–H groups in total. The Labute approximate surface area is 118 Å². The van der Waals surface area contributed by atoms with Gasteiger partial charge in [-0.15, -0.1) is 0 Å². The molecule has 0 aromatic heterocycles. The molecule has 5 fully saturated rings. The molecule has 1 saturated heterocycles. The van der Waals surface area contributed by atoms with Gasteiger partial charge in [0.15, 0.2) is 0 Å². The van der Waals surface area contributed by atoms with Crippen molar-refractivity contribution in [2.24, 2.45) is 29.6 Å². The van der Waals surface area contributed by atoms with Crippen molar-refractivity contribution >= 4 is 0 Å². The van der Waals surface area contributed by atoms with Crippen LogP contribution in [0.1, 0.15) is 45.4 Å². The molecule has 1 heterocycles. The van der Waals surface area contributed by atoms with Crippen molar-refractivity contribution in [2.75, 3.05) is 26.2 Å². The monoisotopic (exact) mass is 262 g/mol. The molecule has 19 heavy (non-hydrogen) atoms. The summed E-state index contributed by atoms with van der Waals surface area (Å²) in [5.41, 5.74) is 0. The van der Waals surface area contributed by atoms with Crippen LogP contribution in [0.5, 0.6) is 0 Å². The van der Waals surface area contributed by atoms with Crippen LogP contribution in [0.25, 0.3) is 0 Å². The molecule has 0 radical (unpaired) electrons. The Morgan fingerprint density at radius 1 is 1.00 bits per heavy atom. The normalized spacial score (nSPS) is 48.3. The first-order valence-corrected chi connectivity index (χ1v) is 8.78. The standard InChI is InChI=1S/C17H30N2/c1-2-19(11-12-3-4-18-10-12)17-15-6-13-5-14(8-15)9-16(17)7-13/h12-18H,2-11H2,1H3. The van der Waals surface area contributed by atoms with E-state index in [2.05, 4.69) is 17.1 Å². The molecule has 4 bridgehead atoms. The Bertz CT molecular complexity index is 293. The van der Waals surface area contributed by atoms with Gasteiger partial charge in [-0.25, -0.2) is 0 Å². The summed E-state index contributed by atoms with van der Waals surface area (Å²) in [5.74, 6) is 5.28. The van der Waals surface area contributed by atoms with E-state index in [-0.39, 0.29) is 0 Å². The van der Waals surface area contributed by atoms with Gasteiger partial charge in [0.2, 0.25) is 0 Å². The first kappa shape index (κ1) is 12.6. The molecular weight excluding hydrogens is 232 g/mol. The van der Waals surface area contributed by atoms with Gasteiger partial charge in [0, 0.05) is 12.6 Å². The number of nitrogens with zero attached hydrogens (tertiary/aromatic N) is 1. The fourth-order valence-electron chi connectivity index (χ4n) is 6.16. The van der Waals surface area contributed by atoms with E-state index in [4.69, 9.17) is 0 Å². The highest BCUT2D eigenvalue weighted by atomic mass is 15.2. The highest BCUT2D eigenvalue weighted by Gasteiger charge is 2.49. The summed E-state index contributed by atoms with van der Waals surface area (Å²) in [4.78, 5) is 2.89. The van der Waals surface area contributed by atoms with Crippen molar-refractivity contribution < 1.29 is 0 Å². The number of hydrogen-bond donors (Lipinski definition) is 1. The molecule has 2 nitrogen and oxygen atoms in total. The number of rotatable bonds is 4. The summed E-state index contributed by atoms with van der Waals surface area (Å²) in [7, 11) is 0. The van der Waals surface area contributed by atoms with E-state index in [1.807, 2.05) is 0 Å². The Hall–Kier alpha value is -0.0800. The van der Waals surface area contributed by atoms with Gasteiger partial charge in [0.25, 0.3) is 0 Å². The van der Waals surface area contributed by atoms with Crippen LogP contribution >= 0.6 is 0 Å². The second-order valence-corrected chi connectivity index (χ2v) is 7.87. The van der Waals surface area contributed by atoms with Gasteiger partial charge < -0.3 is 5.32 Å². The van der Waals surface area contributed by atoms with Crippen molar-refractivity contribution in [1.29, 1.82) is 0 Å². The molecule has 2 heteroatoms. The summed E-state index contributed by atoms with van der Waals surface area (Å²) < 4.78 is 0. The predicted octanol–water partition coefficient (Wildman–Crippen LogP) is 2.74. The molecular formula is C17H30N2. The number of nitrogens with one attached hydrogen (secondary N) is 1. The van der Waals surface area contributed by atoms with Crippen LogP contribution in [-0.2, 0) is 0 Å². The third-order valence-corrected chi connectivity index (χ3v) is 6.66. The molecule has 0 spiro atoms. The lowest BCUT2D eigenvalue weighted by molar-refractivity contribution is -0.0670. The van der Waals surface area contributed by atoms with Crippen LogP contribution < -0.4 is 5.32 Å². The van der Waals surface area contributed by atoms with Crippen molar-refractivity contribution in [3.05, 3.63) is 0 Å². The van der Waals surface area contributed by atoms with Gasteiger partial charge in [0.1, 0.15) is 0 Å². The summed E-state index contributed by atoms with van der Waals surface area (Å²) in [5, 5.41) is 3.54. The Morgan fingerprint density at radius 3 is 2.21 bits per heavy atom. The summed E-state index contributed by atoms with van der Waals surface area (Å²) in [6.07, 6.45) is 9.25. The van der Waals surface area contributed by atoms with Crippen LogP contribution in [0.15, 0.2) is 0 Å². The highest BCUT2D eigenvalue weighted by Crippen LogP contribution is 2.55. The molecule has 1 aliphatic heterocycles. The molecule has 1 atom stereocenters. The van der Waals surface area contributed by atoms with E-state index in [9.17, 15) is 0 Å². The molecule has 4 aliphatic carbocycles. The van der Waals surface area contributed by atoms with Gasteiger partial charge in [-0.05, 0) is 87.7 Å². The van der Waals surface area contributed by atoms with Crippen molar-refractivity contribution in [2.45, 2.75) is 51.5 Å². The SMILES string of the molecule is CCN(CC1CCNC1)C1C2CC3CC(C2)CC1C3. The Kier molecular flexibility index (Phi) is 3.35. The lowest BCUT2D eigenvalue weighted by atomic mass is 9.54. The van der Waals surface area contributed by atoms with Gasteiger partial charge in [-0.1, -0.05) is 6.92 Å². The first-order chi connectivity index (χ1) is 9.33. The maximum Gasteiger partial charge on any atom is 0.0152 e. The van der Waals surface area contributed by atoms with Crippen LogP contribution in [0.3, 0.4) is 0 Å². The average molecular weight is 262 g/mol. The maximum absolute atomic E-state index is 3.54. The van der Waals surface area contributed by atoms with Gasteiger partial charge in [-0.2, -0.15) is 0 Å². The molecule has 108 valence electrons. The minimum Gasteiger partial charge on any atom is -0.316 e. The fraction of sp³-hybridized carbons (Fsp3) is 1.00. The van der Waals surface area contributed by atoms with E-state index >= 15 is 0 Å². The van der Waals surface area contributed by atoms with E-state index in [0.29, 0.717) is 0 Å². The Balaban J connectivity index is 1.47. The van der Waals surface area contributed by atoms with Gasteiger partial charge in [0.05, 0.1) is 0 Å². The Morgan fingerprint density at radius 2 is 1.68 bits per heavy atom. The van der Waals surface area contributed by atoms with Gasteiger partial charge in [-0.3, -0.25) is 4.90 Å². The van der Waals surface area contributed by atoms with Crippen LogP contribution in [0.2, 0.25) is 0 Å². The van der Waals surface area contributed by atoms with Gasteiger partial charge >= 0.3 is 0 Å². The zero-order chi connectivity index (χ0) is 12.8. The second-order valence-electron chi connectivity index (χ2n) is 7.87. The highest BCUT2D eigenvalue weighted by molar-refractivity contribution is 5.02. The molecule has 5 rings (SSSR count). The molecule has 1 unspecified atom stereocenters. The maximum atomic E-state index is 3.54. The smallest absolute Gasteiger partial charge is 0.0152 e. The molecule has 0 aromatic rings. The molecule has 4 saturated carbocycles. The molecule has 5 aliphatic rings. The summed E-state index contributed by atoms with van der Waals surface area (Å²) >= 11 is 0. The summed E-state index contributed by atoms with van der Waals surface area (Å²) in [6, 6.07) is 0.957. The van der Waals surface area contributed by atoms with E-state index in [1.54, 1.807) is 32.1 Å². The van der Waals surface area contributed by atoms with Crippen LogP contribution in [0.4, 0.5) is 0 Å². The molecule has 0 aromatic carbocycles. The third-order valence-electron chi connectivity index (χ3n) is 6.66. The fourth-order valence-corrected chi connectivity index (χ4v) is 6.16. The number of hydrogen-bond acceptors (Lipinski definition) is 2. The van der Waals surface area contributed by atoms with Crippen molar-refractivity contribution in [1.82, 2.24) is 10.2 Å². The van der Waals surface area contributed by atoms with E-state index < -0.39 is 0 Å². The van der Waals surface area contributed by atoms with Crippen molar-refractivity contribution in [3.8, 4) is 0 Å². The minimum atomic E-state index is 0.928. The van der Waals surface area contributed by atoms with Crippen LogP contribution in [0, 0.1) is 29.6 Å². The largest absolute Gasteiger partial charge is 0.316 e. The summed E-state index contributed by atoms with van der Waals surface area (Å²) in [6.45, 7) is 7.57. The topological polar surface area (TPSA) is 15.3 Å². The predicted molar refractivity (Wildman–Crippen MR) is 79.1 cm³/mol. The zero-order valence-corrected chi connectivity index (χ0v) is 12.5. The minimum absolute atomic E-state index is 0.928. The third kappa shape index (κ3) is 2.25. The van der Waals surface area contributed by atoms with Crippen molar-refractivity contribution in [3.63, 3.8) is 0 Å². The van der Waals surface area contributed by atoms with Crippen LogP contribution in [-0.4, -0.2) is 37.1 Å². The zero-order valence-electron chi connectivity index (χ0n) is 12.5.